The second-order valence-corrected chi connectivity index (χ2v) is 4.24. The van der Waals surface area contributed by atoms with E-state index in [1.54, 1.807) is 0 Å². The Morgan fingerprint density at radius 2 is 2.15 bits per heavy atom. The molecule has 0 spiro atoms. The zero-order chi connectivity index (χ0) is 14.7. The van der Waals surface area contributed by atoms with E-state index in [0.717, 1.165) is 17.4 Å². The number of nitrogens with two attached hydrogens (primary N) is 2. The first-order valence-electron chi connectivity index (χ1n) is 6.15. The van der Waals surface area contributed by atoms with Crippen molar-refractivity contribution in [1.29, 1.82) is 5.41 Å². The van der Waals surface area contributed by atoms with Crippen LogP contribution in [0.2, 0.25) is 0 Å². The quantitative estimate of drug-likeness (QED) is 0.585. The summed E-state index contributed by atoms with van der Waals surface area (Å²) >= 11 is 0. The molecule has 2 aromatic rings. The molecular formula is C15H15N5. The van der Waals surface area contributed by atoms with Crippen LogP contribution in [-0.2, 0) is 0 Å². The third-order valence-corrected chi connectivity index (χ3v) is 2.88. The van der Waals surface area contributed by atoms with Crippen LogP contribution in [0.4, 0.5) is 11.8 Å². The molecule has 5 N–H and O–H groups in total. The van der Waals surface area contributed by atoms with Crippen LogP contribution in [0, 0.1) is 17.8 Å². The normalized spacial score (nSPS) is 11.3. The van der Waals surface area contributed by atoms with Gasteiger partial charge in [-0.05, 0) is 24.1 Å². The predicted octanol–water partition coefficient (Wildman–Crippen LogP) is 2.24. The van der Waals surface area contributed by atoms with Crippen molar-refractivity contribution < 1.29 is 0 Å². The number of fused-ring (bicyclic) bond motifs is 1. The summed E-state index contributed by atoms with van der Waals surface area (Å²) in [6, 6.07) is 5.48. The summed E-state index contributed by atoms with van der Waals surface area (Å²) in [5.41, 5.74) is 13.7. The highest BCUT2D eigenvalue weighted by Crippen LogP contribution is 2.24. The van der Waals surface area contributed by atoms with Crippen LogP contribution in [0.15, 0.2) is 24.3 Å². The molecule has 1 aromatic carbocycles. The lowest BCUT2D eigenvalue weighted by Gasteiger charge is -2.08. The highest BCUT2D eigenvalue weighted by molar-refractivity contribution is 6.30. The van der Waals surface area contributed by atoms with Gasteiger partial charge in [0.05, 0.1) is 5.52 Å². The minimum atomic E-state index is 0.125. The third kappa shape index (κ3) is 2.45. The van der Waals surface area contributed by atoms with Gasteiger partial charge in [0, 0.05) is 11.0 Å². The molecule has 0 unspecified atom stereocenters. The van der Waals surface area contributed by atoms with E-state index < -0.39 is 0 Å². The van der Waals surface area contributed by atoms with Gasteiger partial charge in [0.1, 0.15) is 11.5 Å². The van der Waals surface area contributed by atoms with Crippen LogP contribution >= 0.6 is 0 Å². The Morgan fingerprint density at radius 3 is 2.80 bits per heavy atom. The van der Waals surface area contributed by atoms with Crippen molar-refractivity contribution in [1.82, 2.24) is 9.97 Å². The Balaban J connectivity index is 2.64. The minimum Gasteiger partial charge on any atom is -0.383 e. The summed E-state index contributed by atoms with van der Waals surface area (Å²) in [6.45, 7) is 1.99. The molecule has 0 amide bonds. The Morgan fingerprint density at radius 1 is 1.40 bits per heavy atom. The van der Waals surface area contributed by atoms with Crippen molar-refractivity contribution in [2.45, 2.75) is 13.3 Å². The van der Waals surface area contributed by atoms with Gasteiger partial charge >= 0.3 is 0 Å². The molecule has 0 saturated heterocycles. The van der Waals surface area contributed by atoms with Crippen LogP contribution < -0.4 is 11.5 Å². The number of benzene rings is 1. The number of allylic oxidation sites excluding steroid dienone is 2. The first-order chi connectivity index (χ1) is 9.56. The molecule has 5 heteroatoms. The predicted molar refractivity (Wildman–Crippen MR) is 83.2 cm³/mol. The van der Waals surface area contributed by atoms with E-state index in [0.29, 0.717) is 16.9 Å². The fourth-order valence-electron chi connectivity index (χ4n) is 1.99. The standard InChI is InChI=1S/C15H15N5/c1-3-5-10(12(16)4-2)9-6-7-11-13(8-9)19-15(18)20-14(11)17/h2,5-8,16H,3H2,1H3,(H4,17,18,19,20)/b10-5-,16-12?. The minimum absolute atomic E-state index is 0.125. The molecule has 0 radical (unpaired) electrons. The first kappa shape index (κ1) is 13.6. The second-order valence-electron chi connectivity index (χ2n) is 4.24. The van der Waals surface area contributed by atoms with Crippen molar-refractivity contribution in [2.75, 3.05) is 11.5 Å². The van der Waals surface area contributed by atoms with Crippen LogP contribution in [0.25, 0.3) is 16.5 Å². The number of hydrogen-bond acceptors (Lipinski definition) is 5. The van der Waals surface area contributed by atoms with E-state index in [1.165, 1.54) is 0 Å². The number of aromatic nitrogens is 2. The van der Waals surface area contributed by atoms with E-state index in [-0.39, 0.29) is 11.7 Å². The molecule has 5 nitrogen and oxygen atoms in total. The van der Waals surface area contributed by atoms with Crippen molar-refractivity contribution in [3.63, 3.8) is 0 Å². The van der Waals surface area contributed by atoms with Gasteiger partial charge in [-0.2, -0.15) is 4.98 Å². The van der Waals surface area contributed by atoms with E-state index in [9.17, 15) is 0 Å². The van der Waals surface area contributed by atoms with Gasteiger partial charge in [-0.25, -0.2) is 4.98 Å². The zero-order valence-electron chi connectivity index (χ0n) is 11.1. The van der Waals surface area contributed by atoms with Gasteiger partial charge in [-0.3, -0.25) is 5.41 Å². The number of nitrogens with zero attached hydrogens (tertiary/aromatic N) is 2. The number of nitrogen functional groups attached to an aromatic ring is 2. The largest absolute Gasteiger partial charge is 0.383 e. The van der Waals surface area contributed by atoms with Crippen LogP contribution in [0.1, 0.15) is 18.9 Å². The maximum Gasteiger partial charge on any atom is 0.222 e. The summed E-state index contributed by atoms with van der Waals surface area (Å²) < 4.78 is 0. The highest BCUT2D eigenvalue weighted by atomic mass is 15.0. The molecule has 1 heterocycles. The molecule has 2 rings (SSSR count). The van der Waals surface area contributed by atoms with Crippen LogP contribution in [-0.4, -0.2) is 15.7 Å². The van der Waals surface area contributed by atoms with Crippen molar-refractivity contribution >= 4 is 34.0 Å². The molecule has 1 aromatic heterocycles. The monoisotopic (exact) mass is 265 g/mol. The number of nitrogens with one attached hydrogen (secondary N) is 1. The average Bonchev–Trinajstić information content (AvgIpc) is 2.43. The van der Waals surface area contributed by atoms with Gasteiger partial charge < -0.3 is 11.5 Å². The Bertz CT molecular complexity index is 753. The van der Waals surface area contributed by atoms with Gasteiger partial charge in [-0.15, -0.1) is 6.42 Å². The van der Waals surface area contributed by atoms with Crippen LogP contribution in [0.5, 0.6) is 0 Å². The number of terminal acetylenes is 1. The molecule has 0 aliphatic rings. The summed E-state index contributed by atoms with van der Waals surface area (Å²) in [4.78, 5) is 8.08. The highest BCUT2D eigenvalue weighted by Gasteiger charge is 2.09. The first-order valence-corrected chi connectivity index (χ1v) is 6.15. The molecule has 100 valence electrons. The molecular weight excluding hydrogens is 250 g/mol. The molecule has 0 aliphatic carbocycles. The van der Waals surface area contributed by atoms with E-state index in [2.05, 4.69) is 15.9 Å². The number of hydrogen-bond donors (Lipinski definition) is 3. The fourth-order valence-corrected chi connectivity index (χ4v) is 1.99. The summed E-state index contributed by atoms with van der Waals surface area (Å²) in [5.74, 6) is 2.82. The summed E-state index contributed by atoms with van der Waals surface area (Å²) in [6.07, 6.45) is 8.02. The van der Waals surface area contributed by atoms with E-state index in [4.69, 9.17) is 23.3 Å². The van der Waals surface area contributed by atoms with Crippen molar-refractivity contribution in [2.24, 2.45) is 0 Å². The molecule has 0 bridgehead atoms. The van der Waals surface area contributed by atoms with Gasteiger partial charge in [-0.1, -0.05) is 25.0 Å². The lowest BCUT2D eigenvalue weighted by Crippen LogP contribution is -2.02. The van der Waals surface area contributed by atoms with Gasteiger partial charge in [0.2, 0.25) is 5.95 Å². The SMILES string of the molecule is C#CC(=N)/C(=C\CC)c1ccc2c(N)nc(N)nc2c1. The number of anilines is 2. The van der Waals surface area contributed by atoms with Crippen molar-refractivity contribution in [3.8, 4) is 12.3 Å². The van der Waals surface area contributed by atoms with Gasteiger partial charge in [0.25, 0.3) is 0 Å². The summed E-state index contributed by atoms with van der Waals surface area (Å²) in [5, 5.41) is 8.57. The molecule has 0 aliphatic heterocycles. The zero-order valence-corrected chi connectivity index (χ0v) is 11.1. The topological polar surface area (TPSA) is 102 Å². The van der Waals surface area contributed by atoms with E-state index >= 15 is 0 Å². The van der Waals surface area contributed by atoms with Crippen molar-refractivity contribution in [3.05, 3.63) is 29.8 Å². The third-order valence-electron chi connectivity index (χ3n) is 2.88. The fraction of sp³-hybridized carbons (Fsp3) is 0.133. The Hall–Kier alpha value is -2.87. The smallest absolute Gasteiger partial charge is 0.222 e. The van der Waals surface area contributed by atoms with Crippen LogP contribution in [0.3, 0.4) is 0 Å². The van der Waals surface area contributed by atoms with Gasteiger partial charge in [0.15, 0.2) is 0 Å². The van der Waals surface area contributed by atoms with E-state index in [1.807, 2.05) is 31.2 Å². The average molecular weight is 265 g/mol. The maximum absolute atomic E-state index is 7.84. The Kier molecular flexibility index (Phi) is 3.67. The Labute approximate surface area is 117 Å². The molecule has 0 fully saturated rings. The molecule has 20 heavy (non-hydrogen) atoms. The number of rotatable bonds is 3. The lowest BCUT2D eigenvalue weighted by atomic mass is 9.99. The summed E-state index contributed by atoms with van der Waals surface area (Å²) in [7, 11) is 0. The molecule has 0 saturated carbocycles. The second kappa shape index (κ2) is 5.41. The lowest BCUT2D eigenvalue weighted by molar-refractivity contribution is 1.23. The maximum atomic E-state index is 7.84. The molecule has 0 atom stereocenters.